The molecule has 2 aromatic rings. The fraction of sp³-hybridized carbons (Fsp3) is 0.591. The highest BCUT2D eigenvalue weighted by molar-refractivity contribution is 5.93. The largest absolute Gasteiger partial charge is 0.395 e. The Morgan fingerprint density at radius 3 is 2.36 bits per heavy atom. The molecule has 1 aromatic carbocycles. The predicted octanol–water partition coefficient (Wildman–Crippen LogP) is 0.638. The van der Waals surface area contributed by atoms with Gasteiger partial charge in [-0.3, -0.25) is 14.3 Å². The lowest BCUT2D eigenvalue weighted by Gasteiger charge is -2.30. The van der Waals surface area contributed by atoms with Crippen LogP contribution in [-0.2, 0) is 16.1 Å². The first-order valence-electron chi connectivity index (χ1n) is 10.9. The molecule has 1 aromatic heterocycles. The highest BCUT2D eigenvalue weighted by Crippen LogP contribution is 2.20. The number of nitrogens with one attached hydrogen (secondary N) is 2. The molecule has 33 heavy (non-hydrogen) atoms. The van der Waals surface area contributed by atoms with Crippen LogP contribution in [0.3, 0.4) is 0 Å². The number of fused-ring (bicyclic) bond motifs is 1. The Balaban J connectivity index is 0.00000385. The van der Waals surface area contributed by atoms with Crippen LogP contribution in [0.4, 0.5) is 4.79 Å². The lowest BCUT2D eigenvalue weighted by molar-refractivity contribution is -0.125. The molecule has 3 rings (SSSR count). The van der Waals surface area contributed by atoms with Gasteiger partial charge in [0.2, 0.25) is 5.91 Å². The van der Waals surface area contributed by atoms with Crippen LogP contribution >= 0.6 is 12.4 Å². The summed E-state index contributed by atoms with van der Waals surface area (Å²) < 4.78 is 8.07. The Kier molecular flexibility index (Phi) is 9.47. The van der Waals surface area contributed by atoms with E-state index in [1.54, 1.807) is 16.7 Å². The topological polar surface area (TPSA) is 118 Å². The van der Waals surface area contributed by atoms with Gasteiger partial charge in [-0.2, -0.15) is 0 Å². The first-order valence-corrected chi connectivity index (χ1v) is 10.9. The van der Waals surface area contributed by atoms with Crippen LogP contribution in [0.5, 0.6) is 0 Å². The number of ether oxygens (including phenoxy) is 1. The zero-order valence-corrected chi connectivity index (χ0v) is 20.2. The molecule has 1 fully saturated rings. The summed E-state index contributed by atoms with van der Waals surface area (Å²) in [4.78, 5) is 41.3. The van der Waals surface area contributed by atoms with Crippen LogP contribution in [0.2, 0.25) is 0 Å². The lowest BCUT2D eigenvalue weighted by atomic mass is 9.86. The molecule has 1 aliphatic rings. The first-order chi connectivity index (χ1) is 15.2. The molecule has 1 atom stereocenters. The first kappa shape index (κ1) is 26.8. The Labute approximate surface area is 199 Å². The van der Waals surface area contributed by atoms with Gasteiger partial charge < -0.3 is 20.5 Å². The highest BCUT2D eigenvalue weighted by atomic mass is 35.5. The second kappa shape index (κ2) is 11.6. The minimum absolute atomic E-state index is 0. The zero-order valence-electron chi connectivity index (χ0n) is 19.4. The number of para-hydroxylation sites is 2. The van der Waals surface area contributed by atoms with E-state index in [2.05, 4.69) is 15.5 Å². The number of carbonyl (C=O) groups excluding carboxylic acids is 2. The summed E-state index contributed by atoms with van der Waals surface area (Å²) >= 11 is 0. The molecule has 1 saturated heterocycles. The van der Waals surface area contributed by atoms with E-state index < -0.39 is 29.1 Å². The van der Waals surface area contributed by atoms with Crippen molar-refractivity contribution in [2.75, 3.05) is 46.0 Å². The average Bonchev–Trinajstić information content (AvgIpc) is 3.05. The van der Waals surface area contributed by atoms with Gasteiger partial charge in [0.05, 0.1) is 30.9 Å². The molecule has 0 unspecified atom stereocenters. The second-order valence-corrected chi connectivity index (χ2v) is 8.98. The van der Waals surface area contributed by atoms with Crippen molar-refractivity contribution in [2.24, 2.45) is 5.41 Å². The van der Waals surface area contributed by atoms with E-state index in [1.165, 1.54) is 0 Å². The number of imidazole rings is 1. The van der Waals surface area contributed by atoms with Gasteiger partial charge in [0.15, 0.2) is 0 Å². The number of benzene rings is 1. The van der Waals surface area contributed by atoms with Crippen LogP contribution in [0, 0.1) is 5.41 Å². The Morgan fingerprint density at radius 2 is 1.76 bits per heavy atom. The molecule has 0 spiro atoms. The van der Waals surface area contributed by atoms with Crippen molar-refractivity contribution >= 4 is 35.4 Å². The molecule has 0 saturated carbocycles. The van der Waals surface area contributed by atoms with E-state index in [0.29, 0.717) is 37.3 Å². The number of aliphatic hydroxyl groups excluding tert-OH is 1. The maximum Gasteiger partial charge on any atom is 0.337 e. The van der Waals surface area contributed by atoms with Gasteiger partial charge in [0, 0.05) is 32.7 Å². The molecule has 0 radical (unpaired) electrons. The summed E-state index contributed by atoms with van der Waals surface area (Å²) in [5, 5.41) is 14.3. The zero-order chi connectivity index (χ0) is 23.3. The number of hydrogen-bond acceptors (Lipinski definition) is 6. The minimum atomic E-state index is -0.885. The second-order valence-electron chi connectivity index (χ2n) is 8.98. The molecule has 0 aliphatic carbocycles. The van der Waals surface area contributed by atoms with Gasteiger partial charge in [-0.25, -0.2) is 14.2 Å². The van der Waals surface area contributed by atoms with Crippen LogP contribution in [-0.4, -0.2) is 83.1 Å². The Hall–Kier alpha value is -2.40. The normalized spacial score (nSPS) is 15.6. The number of halogens is 1. The molecule has 0 bridgehead atoms. The summed E-state index contributed by atoms with van der Waals surface area (Å²) in [5.41, 5.74) is 0.104. The third-order valence-corrected chi connectivity index (χ3v) is 5.59. The van der Waals surface area contributed by atoms with Gasteiger partial charge in [0.25, 0.3) is 0 Å². The van der Waals surface area contributed by atoms with Crippen molar-refractivity contribution in [3.05, 3.63) is 34.7 Å². The minimum Gasteiger partial charge on any atom is -0.395 e. The van der Waals surface area contributed by atoms with E-state index in [0.717, 1.165) is 17.7 Å². The van der Waals surface area contributed by atoms with Crippen LogP contribution in [0.25, 0.3) is 11.0 Å². The average molecular weight is 484 g/mol. The number of hydrogen-bond donors (Lipinski definition) is 3. The van der Waals surface area contributed by atoms with Gasteiger partial charge in [-0.1, -0.05) is 32.9 Å². The van der Waals surface area contributed by atoms with E-state index in [-0.39, 0.29) is 25.6 Å². The van der Waals surface area contributed by atoms with E-state index in [4.69, 9.17) is 9.84 Å². The van der Waals surface area contributed by atoms with E-state index >= 15 is 0 Å². The van der Waals surface area contributed by atoms with Crippen molar-refractivity contribution in [2.45, 2.75) is 33.4 Å². The number of amides is 2. The molecule has 10 nitrogen and oxygen atoms in total. The molecule has 1 aliphatic heterocycles. The number of morpholine rings is 1. The van der Waals surface area contributed by atoms with Crippen molar-refractivity contribution in [1.29, 1.82) is 0 Å². The summed E-state index contributed by atoms with van der Waals surface area (Å²) in [6.07, 6.45) is 0. The monoisotopic (exact) mass is 483 g/mol. The number of aromatic nitrogens is 2. The van der Waals surface area contributed by atoms with Crippen molar-refractivity contribution < 1.29 is 19.4 Å². The summed E-state index contributed by atoms with van der Waals surface area (Å²) in [6, 6.07) is 5.59. The van der Waals surface area contributed by atoms with Crippen LogP contribution in [0.1, 0.15) is 20.8 Å². The fourth-order valence-electron chi connectivity index (χ4n) is 3.83. The third kappa shape index (κ3) is 6.35. The SMILES string of the molecule is CC(C)(C)[C@H](NC(=O)n1c(=O)n(CCN2CCOCC2)c2ccccc21)C(=O)NCCO.Cl. The van der Waals surface area contributed by atoms with Gasteiger partial charge >= 0.3 is 11.7 Å². The molecule has 11 heteroatoms. The summed E-state index contributed by atoms with van der Waals surface area (Å²) in [6.45, 7) is 9.44. The number of rotatable bonds is 7. The fourth-order valence-corrected chi connectivity index (χ4v) is 3.83. The van der Waals surface area contributed by atoms with Crippen molar-refractivity contribution in [1.82, 2.24) is 24.7 Å². The summed E-state index contributed by atoms with van der Waals surface area (Å²) in [7, 11) is 0. The van der Waals surface area contributed by atoms with Crippen LogP contribution in [0.15, 0.2) is 29.1 Å². The maximum atomic E-state index is 13.3. The predicted molar refractivity (Wildman–Crippen MR) is 128 cm³/mol. The van der Waals surface area contributed by atoms with Gasteiger partial charge in [-0.05, 0) is 17.5 Å². The lowest BCUT2D eigenvalue weighted by Crippen LogP contribution is -2.55. The standard InChI is InChI=1S/C22H33N5O5.ClH/c1-22(2,3)18(19(29)23-8-13-28)24-20(30)27-17-7-5-4-6-16(17)26(21(27)31)10-9-25-11-14-32-15-12-25;/h4-7,18,28H,8-15H2,1-3H3,(H,23,29)(H,24,30);1H/t18-;/m1./s1. The quantitative estimate of drug-likeness (QED) is 0.532. The van der Waals surface area contributed by atoms with Crippen LogP contribution < -0.4 is 16.3 Å². The van der Waals surface area contributed by atoms with Gasteiger partial charge in [-0.15, -0.1) is 12.4 Å². The number of carbonyl (C=O) groups is 2. The highest BCUT2D eigenvalue weighted by Gasteiger charge is 2.34. The van der Waals surface area contributed by atoms with Crippen molar-refractivity contribution in [3.63, 3.8) is 0 Å². The smallest absolute Gasteiger partial charge is 0.337 e. The molecule has 184 valence electrons. The number of nitrogens with zero attached hydrogens (tertiary/aromatic N) is 3. The molecular formula is C22H34ClN5O5. The van der Waals surface area contributed by atoms with E-state index in [1.807, 2.05) is 32.9 Å². The molecule has 2 amide bonds. The third-order valence-electron chi connectivity index (χ3n) is 5.59. The Bertz CT molecular complexity index is 1010. The molecule has 3 N–H and O–H groups in total. The Morgan fingerprint density at radius 1 is 1.12 bits per heavy atom. The van der Waals surface area contributed by atoms with E-state index in [9.17, 15) is 14.4 Å². The van der Waals surface area contributed by atoms with Crippen molar-refractivity contribution in [3.8, 4) is 0 Å². The number of aliphatic hydroxyl groups is 1. The maximum absolute atomic E-state index is 13.3. The summed E-state index contributed by atoms with van der Waals surface area (Å²) in [5.74, 6) is -0.413. The van der Waals surface area contributed by atoms with Gasteiger partial charge in [0.1, 0.15) is 6.04 Å². The molecule has 2 heterocycles. The molecular weight excluding hydrogens is 450 g/mol.